The molecule has 0 saturated carbocycles. The van der Waals surface area contributed by atoms with Crippen LogP contribution in [0.15, 0.2) is 36.4 Å². The molecule has 0 unspecified atom stereocenters. The molecule has 0 aromatic heterocycles. The molecule has 0 saturated heterocycles. The van der Waals surface area contributed by atoms with Crippen LogP contribution in [-0.4, -0.2) is 5.96 Å². The average molecular weight is 295 g/mol. The van der Waals surface area contributed by atoms with Gasteiger partial charge in [0.25, 0.3) is 0 Å². The van der Waals surface area contributed by atoms with E-state index in [0.29, 0.717) is 5.96 Å². The fraction of sp³-hybridized carbons (Fsp3) is 0.316. The molecule has 3 heteroatoms. The molecule has 3 nitrogen and oxygen atoms in total. The molecule has 0 spiro atoms. The summed E-state index contributed by atoms with van der Waals surface area (Å²) in [4.78, 5) is 0. The highest BCUT2D eigenvalue weighted by Gasteiger charge is 2.05. The quantitative estimate of drug-likeness (QED) is 0.555. The predicted molar refractivity (Wildman–Crippen MR) is 96.1 cm³/mol. The van der Waals surface area contributed by atoms with Crippen molar-refractivity contribution in [1.29, 1.82) is 5.41 Å². The minimum Gasteiger partial charge on any atom is -0.326 e. The molecule has 2 aromatic carbocycles. The van der Waals surface area contributed by atoms with E-state index in [1.807, 2.05) is 12.1 Å². The van der Waals surface area contributed by atoms with Crippen LogP contribution in [-0.2, 0) is 12.8 Å². The summed E-state index contributed by atoms with van der Waals surface area (Å²) >= 11 is 0. The van der Waals surface area contributed by atoms with Crippen molar-refractivity contribution in [2.24, 2.45) is 0 Å². The van der Waals surface area contributed by atoms with Crippen molar-refractivity contribution in [2.75, 3.05) is 10.6 Å². The number of aryl methyl sites for hydroxylation is 4. The Balaban J connectivity index is 2.07. The minimum absolute atomic E-state index is 0.291. The van der Waals surface area contributed by atoms with E-state index in [4.69, 9.17) is 5.41 Å². The minimum atomic E-state index is 0.291. The summed E-state index contributed by atoms with van der Waals surface area (Å²) in [6.07, 6.45) is 2.06. The third-order valence-electron chi connectivity index (χ3n) is 3.92. The van der Waals surface area contributed by atoms with Gasteiger partial charge in [0.15, 0.2) is 5.96 Å². The average Bonchev–Trinajstić information content (AvgIpc) is 2.51. The molecule has 2 rings (SSSR count). The second-order valence-corrected chi connectivity index (χ2v) is 5.63. The molecule has 0 atom stereocenters. The maximum Gasteiger partial charge on any atom is 0.197 e. The molecule has 3 N–H and O–H groups in total. The van der Waals surface area contributed by atoms with Crippen molar-refractivity contribution in [3.05, 3.63) is 58.7 Å². The molecule has 116 valence electrons. The molecule has 0 amide bonds. The lowest BCUT2D eigenvalue weighted by Crippen LogP contribution is -2.21. The summed E-state index contributed by atoms with van der Waals surface area (Å²) in [6.45, 7) is 8.43. The zero-order chi connectivity index (χ0) is 16.1. The number of guanidine groups is 1. The fourth-order valence-corrected chi connectivity index (χ4v) is 2.47. The second-order valence-electron chi connectivity index (χ2n) is 5.63. The lowest BCUT2D eigenvalue weighted by atomic mass is 10.1. The first-order chi connectivity index (χ1) is 10.5. The molecule has 22 heavy (non-hydrogen) atoms. The zero-order valence-electron chi connectivity index (χ0n) is 13.9. The summed E-state index contributed by atoms with van der Waals surface area (Å²) in [5, 5.41) is 14.4. The van der Waals surface area contributed by atoms with Gasteiger partial charge < -0.3 is 10.6 Å². The Bertz CT molecular complexity index is 617. The van der Waals surface area contributed by atoms with Crippen LogP contribution < -0.4 is 10.6 Å². The molecule has 0 heterocycles. The van der Waals surface area contributed by atoms with Gasteiger partial charge >= 0.3 is 0 Å². The monoisotopic (exact) mass is 295 g/mol. The van der Waals surface area contributed by atoms with Gasteiger partial charge in [-0.25, -0.2) is 0 Å². The van der Waals surface area contributed by atoms with Crippen LogP contribution in [0.1, 0.15) is 36.1 Å². The van der Waals surface area contributed by atoms with Gasteiger partial charge in [0.1, 0.15) is 0 Å². The van der Waals surface area contributed by atoms with Gasteiger partial charge in [0, 0.05) is 11.4 Å². The number of hydrogen-bond acceptors (Lipinski definition) is 1. The smallest absolute Gasteiger partial charge is 0.197 e. The van der Waals surface area contributed by atoms with Crippen molar-refractivity contribution in [3.8, 4) is 0 Å². The largest absolute Gasteiger partial charge is 0.326 e. The Hall–Kier alpha value is -2.29. The van der Waals surface area contributed by atoms with Crippen molar-refractivity contribution in [1.82, 2.24) is 0 Å². The molecule has 0 aliphatic rings. The van der Waals surface area contributed by atoms with Crippen molar-refractivity contribution in [2.45, 2.75) is 40.5 Å². The summed E-state index contributed by atoms with van der Waals surface area (Å²) in [5.41, 5.74) is 6.88. The maximum atomic E-state index is 8.13. The van der Waals surface area contributed by atoms with Crippen molar-refractivity contribution >= 4 is 17.3 Å². The van der Waals surface area contributed by atoms with Crippen LogP contribution in [0.2, 0.25) is 0 Å². The van der Waals surface area contributed by atoms with Gasteiger partial charge in [-0.3, -0.25) is 5.41 Å². The lowest BCUT2D eigenvalue weighted by Gasteiger charge is -2.15. The first-order valence-corrected chi connectivity index (χ1v) is 7.85. The third-order valence-corrected chi connectivity index (χ3v) is 3.92. The molecule has 0 radical (unpaired) electrons. The van der Waals surface area contributed by atoms with Gasteiger partial charge in [-0.2, -0.15) is 0 Å². The Labute approximate surface area is 133 Å². The SMILES string of the molecule is CCc1ccc(NC(=N)Nc2ccc(CC)cc2C)c(C)c1. The Morgan fingerprint density at radius 3 is 1.55 bits per heavy atom. The molecular weight excluding hydrogens is 270 g/mol. The van der Waals surface area contributed by atoms with E-state index >= 15 is 0 Å². The van der Waals surface area contributed by atoms with E-state index in [1.54, 1.807) is 0 Å². The molecule has 2 aromatic rings. The summed E-state index contributed by atoms with van der Waals surface area (Å²) in [5.74, 6) is 0.291. The Morgan fingerprint density at radius 1 is 0.818 bits per heavy atom. The Kier molecular flexibility index (Phi) is 5.21. The van der Waals surface area contributed by atoms with Crippen LogP contribution in [0.25, 0.3) is 0 Å². The maximum absolute atomic E-state index is 8.13. The van der Waals surface area contributed by atoms with Crippen molar-refractivity contribution in [3.63, 3.8) is 0 Å². The molecule has 0 fully saturated rings. The van der Waals surface area contributed by atoms with Crippen LogP contribution in [0.4, 0.5) is 11.4 Å². The van der Waals surface area contributed by atoms with E-state index in [1.165, 1.54) is 11.1 Å². The van der Waals surface area contributed by atoms with E-state index < -0.39 is 0 Å². The van der Waals surface area contributed by atoms with E-state index in [-0.39, 0.29) is 0 Å². The van der Waals surface area contributed by atoms with Crippen molar-refractivity contribution < 1.29 is 0 Å². The Morgan fingerprint density at radius 2 is 1.23 bits per heavy atom. The van der Waals surface area contributed by atoms with Crippen LogP contribution in [0.5, 0.6) is 0 Å². The van der Waals surface area contributed by atoms with E-state index in [9.17, 15) is 0 Å². The van der Waals surface area contributed by atoms with E-state index in [2.05, 4.69) is 62.6 Å². The summed E-state index contributed by atoms with van der Waals surface area (Å²) in [7, 11) is 0. The van der Waals surface area contributed by atoms with Crippen LogP contribution in [0, 0.1) is 19.3 Å². The van der Waals surface area contributed by atoms with Gasteiger partial charge in [0.2, 0.25) is 0 Å². The van der Waals surface area contributed by atoms with Gasteiger partial charge in [0.05, 0.1) is 0 Å². The van der Waals surface area contributed by atoms with Crippen LogP contribution in [0.3, 0.4) is 0 Å². The molecule has 0 bridgehead atoms. The number of anilines is 2. The topological polar surface area (TPSA) is 47.9 Å². The zero-order valence-corrected chi connectivity index (χ0v) is 13.9. The highest BCUT2D eigenvalue weighted by Crippen LogP contribution is 2.19. The third kappa shape index (κ3) is 3.88. The van der Waals surface area contributed by atoms with Gasteiger partial charge in [-0.05, 0) is 61.1 Å². The number of rotatable bonds is 4. The lowest BCUT2D eigenvalue weighted by molar-refractivity contribution is 1.13. The number of nitrogens with one attached hydrogen (secondary N) is 3. The van der Waals surface area contributed by atoms with Gasteiger partial charge in [-0.15, -0.1) is 0 Å². The second kappa shape index (κ2) is 7.12. The van der Waals surface area contributed by atoms with Crippen LogP contribution >= 0.6 is 0 Å². The first kappa shape index (κ1) is 16.1. The number of hydrogen-bond donors (Lipinski definition) is 3. The number of benzene rings is 2. The predicted octanol–water partition coefficient (Wildman–Crippen LogP) is 4.89. The fourth-order valence-electron chi connectivity index (χ4n) is 2.47. The molecule has 0 aliphatic heterocycles. The van der Waals surface area contributed by atoms with E-state index in [0.717, 1.165) is 35.3 Å². The summed E-state index contributed by atoms with van der Waals surface area (Å²) in [6, 6.07) is 12.6. The summed E-state index contributed by atoms with van der Waals surface area (Å²) < 4.78 is 0. The normalized spacial score (nSPS) is 10.4. The highest BCUT2D eigenvalue weighted by molar-refractivity contribution is 6.02. The first-order valence-electron chi connectivity index (χ1n) is 7.85. The standard InChI is InChI=1S/C19H25N3/c1-5-15-7-9-17(13(3)11-15)21-19(20)22-18-10-8-16(6-2)12-14(18)4/h7-12H,5-6H2,1-4H3,(H3,20,21,22). The highest BCUT2D eigenvalue weighted by atomic mass is 15.1. The molecule has 0 aliphatic carbocycles. The van der Waals surface area contributed by atoms with Gasteiger partial charge in [-0.1, -0.05) is 38.1 Å². The molecular formula is C19H25N3.